The molecule has 2 saturated heterocycles. The van der Waals surface area contributed by atoms with E-state index in [1.807, 2.05) is 32.0 Å². The van der Waals surface area contributed by atoms with Crippen molar-refractivity contribution in [2.75, 3.05) is 26.2 Å². The van der Waals surface area contributed by atoms with Gasteiger partial charge in [0.2, 0.25) is 0 Å². The van der Waals surface area contributed by atoms with Gasteiger partial charge in [-0.15, -0.1) is 0 Å². The predicted octanol–water partition coefficient (Wildman–Crippen LogP) is 2.97. The van der Waals surface area contributed by atoms with Gasteiger partial charge in [-0.2, -0.15) is 5.26 Å². The molecule has 41 heavy (non-hydrogen) atoms. The van der Waals surface area contributed by atoms with E-state index in [1.54, 1.807) is 17.0 Å². The van der Waals surface area contributed by atoms with Crippen LogP contribution in [0.2, 0.25) is 0 Å². The number of nitrogens with zero attached hydrogens (tertiary/aromatic N) is 3. The fourth-order valence-corrected chi connectivity index (χ4v) is 5.57. The molecule has 2 aromatic rings. The number of hydrogen-bond acceptors (Lipinski definition) is 9. The van der Waals surface area contributed by atoms with Crippen molar-refractivity contribution >= 4 is 30.3 Å². The third kappa shape index (κ3) is 7.89. The van der Waals surface area contributed by atoms with E-state index in [9.17, 15) is 24.9 Å². The zero-order chi connectivity index (χ0) is 29.8. The minimum atomic E-state index is -2.12. The van der Waals surface area contributed by atoms with Crippen molar-refractivity contribution in [3.63, 3.8) is 0 Å². The average molecular weight is 566 g/mol. The van der Waals surface area contributed by atoms with E-state index in [0.717, 1.165) is 24.9 Å². The highest BCUT2D eigenvalue weighted by molar-refractivity contribution is 6.32. The summed E-state index contributed by atoms with van der Waals surface area (Å²) in [4.78, 5) is 30.0. The second-order valence-corrected chi connectivity index (χ2v) is 12.1. The van der Waals surface area contributed by atoms with Gasteiger partial charge in [0.15, 0.2) is 0 Å². The van der Waals surface area contributed by atoms with Gasteiger partial charge in [0.05, 0.1) is 12.8 Å². The molecule has 1 aromatic heterocycles. The molecular formula is C29H39BN4O7. The Balaban J connectivity index is 1.37. The summed E-state index contributed by atoms with van der Waals surface area (Å²) in [6.07, 6.45) is 3.01. The molecule has 3 N–H and O–H groups in total. The third-order valence-corrected chi connectivity index (χ3v) is 7.81. The largest absolute Gasteiger partial charge is 0.635 e. The molecule has 0 saturated carbocycles. The van der Waals surface area contributed by atoms with E-state index in [-0.39, 0.29) is 29.9 Å². The summed E-state index contributed by atoms with van der Waals surface area (Å²) >= 11 is 0. The first-order chi connectivity index (χ1) is 19.4. The Morgan fingerprint density at radius 3 is 2.76 bits per heavy atom. The molecule has 0 aliphatic carbocycles. The fraction of sp³-hybridized carbons (Fsp3) is 0.552. The number of piperidine rings is 1. The van der Waals surface area contributed by atoms with Gasteiger partial charge in [-0.1, -0.05) is 32.0 Å². The number of ether oxygens (including phenoxy) is 1. The van der Waals surface area contributed by atoms with Crippen LogP contribution in [0.25, 0.3) is 11.0 Å². The first-order valence-corrected chi connectivity index (χ1v) is 14.0. The number of fused-ring (bicyclic) bond motifs is 1. The number of nitriles is 1. The average Bonchev–Trinajstić information content (AvgIpc) is 3.49. The lowest BCUT2D eigenvalue weighted by Crippen LogP contribution is -2.48. The number of carbonyl (C=O) groups is 2. The normalized spacial score (nSPS) is 20.5. The molecule has 4 rings (SSSR count). The SMILES string of the molecule is CC1(C)CCN(C(C)(C)C=C(C#N)C(=O)N2CCC[C@H](OC(=O)N[C@@H](Cc3coc4ccccc34)OB(O)O)C2)C1. The summed E-state index contributed by atoms with van der Waals surface area (Å²) in [5.41, 5.74) is 1.15. The maximum Gasteiger partial charge on any atom is 0.635 e. The van der Waals surface area contributed by atoms with Crippen LogP contribution in [0.5, 0.6) is 0 Å². The van der Waals surface area contributed by atoms with Gasteiger partial charge in [0, 0.05) is 36.0 Å². The molecule has 220 valence electrons. The lowest BCUT2D eigenvalue weighted by molar-refractivity contribution is -0.129. The van der Waals surface area contributed by atoms with Crippen molar-refractivity contribution in [1.82, 2.24) is 15.1 Å². The number of carbonyl (C=O) groups excluding carboxylic acids is 2. The number of hydrogen-bond donors (Lipinski definition) is 3. The molecule has 2 fully saturated rings. The third-order valence-electron chi connectivity index (χ3n) is 7.81. The topological polar surface area (TPSA) is 148 Å². The van der Waals surface area contributed by atoms with Crippen molar-refractivity contribution in [2.24, 2.45) is 5.41 Å². The van der Waals surface area contributed by atoms with Crippen LogP contribution in [0.15, 0.2) is 46.6 Å². The molecule has 1 aromatic carbocycles. The number of alkyl carbamates (subject to hydrolysis) is 1. The van der Waals surface area contributed by atoms with Gasteiger partial charge in [-0.3, -0.25) is 15.0 Å². The Labute approximate surface area is 240 Å². The molecule has 2 amide bonds. The number of nitrogens with one attached hydrogen (secondary N) is 1. The van der Waals surface area contributed by atoms with Crippen molar-refractivity contribution < 1.29 is 33.4 Å². The second-order valence-electron chi connectivity index (χ2n) is 12.1. The molecule has 0 unspecified atom stereocenters. The number of amides is 2. The van der Waals surface area contributed by atoms with Crippen LogP contribution in [0.1, 0.15) is 52.5 Å². The number of rotatable bonds is 9. The maximum absolute atomic E-state index is 13.3. The first kappa shape index (κ1) is 30.6. The Kier molecular flexibility index (Phi) is 9.44. The highest BCUT2D eigenvalue weighted by Crippen LogP contribution is 2.34. The molecule has 2 aliphatic heterocycles. The van der Waals surface area contributed by atoms with E-state index in [0.29, 0.717) is 30.5 Å². The first-order valence-electron chi connectivity index (χ1n) is 14.0. The summed E-state index contributed by atoms with van der Waals surface area (Å²) in [6, 6.07) is 9.41. The molecule has 3 heterocycles. The van der Waals surface area contributed by atoms with Crippen LogP contribution in [0, 0.1) is 16.7 Å². The summed E-state index contributed by atoms with van der Waals surface area (Å²) in [5.74, 6) is -0.385. The van der Waals surface area contributed by atoms with Gasteiger partial charge in [0.1, 0.15) is 29.6 Å². The molecule has 12 heteroatoms. The van der Waals surface area contributed by atoms with Gasteiger partial charge < -0.3 is 28.8 Å². The van der Waals surface area contributed by atoms with Crippen LogP contribution in [-0.2, 0) is 20.6 Å². The predicted molar refractivity (Wildman–Crippen MR) is 152 cm³/mol. The number of likely N-dealkylation sites (tertiary alicyclic amines) is 2. The second kappa shape index (κ2) is 12.7. The van der Waals surface area contributed by atoms with Crippen LogP contribution in [0.3, 0.4) is 0 Å². The zero-order valence-corrected chi connectivity index (χ0v) is 24.1. The highest BCUT2D eigenvalue weighted by atomic mass is 16.6. The Morgan fingerprint density at radius 1 is 1.32 bits per heavy atom. The van der Waals surface area contributed by atoms with E-state index in [4.69, 9.17) is 13.8 Å². The van der Waals surface area contributed by atoms with Crippen LogP contribution < -0.4 is 5.32 Å². The van der Waals surface area contributed by atoms with Gasteiger partial charge >= 0.3 is 13.4 Å². The minimum Gasteiger partial charge on any atom is -0.464 e. The van der Waals surface area contributed by atoms with Crippen molar-refractivity contribution in [2.45, 2.75) is 71.2 Å². The van der Waals surface area contributed by atoms with Crippen LogP contribution in [0.4, 0.5) is 4.79 Å². The fourth-order valence-electron chi connectivity index (χ4n) is 5.57. The van der Waals surface area contributed by atoms with Crippen molar-refractivity contribution in [3.8, 4) is 6.07 Å². The smallest absolute Gasteiger partial charge is 0.464 e. The Hall–Kier alpha value is -3.37. The molecule has 0 spiro atoms. The number of para-hydroxylation sites is 1. The summed E-state index contributed by atoms with van der Waals surface area (Å²) in [6.45, 7) is 10.8. The lowest BCUT2D eigenvalue weighted by atomic mass is 9.92. The van der Waals surface area contributed by atoms with E-state index in [1.165, 1.54) is 6.26 Å². The Morgan fingerprint density at radius 2 is 2.07 bits per heavy atom. The standard InChI is InChI=1S/C29H39BN4O7/c1-28(2)11-13-34(19-28)29(3,4)15-21(16-31)26(35)33-12-7-8-22(17-33)40-27(36)32-25(41-30(37)38)14-20-18-39-24-10-6-5-9-23(20)24/h5-6,9-10,15,18,22,25,37-38H,7-8,11-14,17,19H2,1-4H3,(H,32,36)/t22-,25+/m0/s1. The minimum absolute atomic E-state index is 0.0718. The summed E-state index contributed by atoms with van der Waals surface area (Å²) in [7, 11) is -2.12. The lowest BCUT2D eigenvalue weighted by Gasteiger charge is -2.35. The molecule has 2 aliphatic rings. The van der Waals surface area contributed by atoms with Crippen LogP contribution >= 0.6 is 0 Å². The molecular weight excluding hydrogens is 527 g/mol. The van der Waals surface area contributed by atoms with Gasteiger partial charge in [-0.25, -0.2) is 4.79 Å². The molecule has 11 nitrogen and oxygen atoms in total. The molecule has 2 atom stereocenters. The number of benzene rings is 1. The van der Waals surface area contributed by atoms with Crippen molar-refractivity contribution in [1.29, 1.82) is 5.26 Å². The zero-order valence-electron chi connectivity index (χ0n) is 24.1. The van der Waals surface area contributed by atoms with Gasteiger partial charge in [0.25, 0.3) is 5.91 Å². The van der Waals surface area contributed by atoms with E-state index in [2.05, 4.69) is 30.1 Å². The molecule has 0 radical (unpaired) electrons. The highest BCUT2D eigenvalue weighted by Gasteiger charge is 2.38. The quantitative estimate of drug-likeness (QED) is 0.180. The Bertz CT molecular complexity index is 1320. The maximum atomic E-state index is 13.3. The summed E-state index contributed by atoms with van der Waals surface area (Å²) in [5, 5.41) is 32.0. The van der Waals surface area contributed by atoms with E-state index < -0.39 is 31.3 Å². The van der Waals surface area contributed by atoms with E-state index >= 15 is 0 Å². The number of furan rings is 1. The summed E-state index contributed by atoms with van der Waals surface area (Å²) < 4.78 is 16.2. The molecule has 0 bridgehead atoms. The van der Waals surface area contributed by atoms with Crippen molar-refractivity contribution in [3.05, 3.63) is 47.7 Å². The van der Waals surface area contributed by atoms with Crippen LogP contribution in [-0.4, -0.2) is 83.2 Å². The monoisotopic (exact) mass is 566 g/mol. The van der Waals surface area contributed by atoms with Gasteiger partial charge in [-0.05, 0) is 57.2 Å².